The molecule has 0 amide bonds. The van der Waals surface area contributed by atoms with Crippen LogP contribution in [0.25, 0.3) is 4.85 Å². The number of esters is 1. The van der Waals surface area contributed by atoms with Crippen LogP contribution in [0.15, 0.2) is 16.6 Å². The van der Waals surface area contributed by atoms with Crippen LogP contribution in [0.5, 0.6) is 0 Å². The molecule has 0 saturated heterocycles. The van der Waals surface area contributed by atoms with E-state index in [0.717, 1.165) is 6.07 Å². The van der Waals surface area contributed by atoms with Crippen molar-refractivity contribution in [2.75, 3.05) is 7.11 Å². The summed E-state index contributed by atoms with van der Waals surface area (Å²) in [5, 5.41) is 0. The van der Waals surface area contributed by atoms with Crippen molar-refractivity contribution in [2.45, 2.75) is 0 Å². The minimum atomic E-state index is -0.764. The molecule has 0 aliphatic carbocycles. The summed E-state index contributed by atoms with van der Waals surface area (Å²) in [6.45, 7) is 6.72. The van der Waals surface area contributed by atoms with Gasteiger partial charge in [0, 0.05) is 4.47 Å². The van der Waals surface area contributed by atoms with Gasteiger partial charge >= 0.3 is 5.97 Å². The van der Waals surface area contributed by atoms with Crippen molar-refractivity contribution in [2.24, 2.45) is 0 Å². The van der Waals surface area contributed by atoms with Crippen LogP contribution in [0.4, 0.5) is 10.1 Å². The second-order valence-electron chi connectivity index (χ2n) is 2.39. The third kappa shape index (κ3) is 1.91. The van der Waals surface area contributed by atoms with Gasteiger partial charge in [-0.2, -0.15) is 0 Å². The first-order valence-electron chi connectivity index (χ1n) is 3.55. The molecule has 0 aromatic heterocycles. The molecule has 1 aromatic carbocycles. The molecule has 0 spiro atoms. The summed E-state index contributed by atoms with van der Waals surface area (Å²) in [7, 11) is 1.17. The highest BCUT2D eigenvalue weighted by molar-refractivity contribution is 9.10. The highest BCUT2D eigenvalue weighted by atomic mass is 79.9. The van der Waals surface area contributed by atoms with E-state index in [2.05, 4.69) is 25.5 Å². The number of ether oxygens (including phenoxy) is 1. The molecule has 0 aliphatic heterocycles. The second-order valence-corrected chi connectivity index (χ2v) is 3.24. The van der Waals surface area contributed by atoms with Crippen molar-refractivity contribution in [1.29, 1.82) is 0 Å². The van der Waals surface area contributed by atoms with Gasteiger partial charge in [-0.15, -0.1) is 0 Å². The third-order valence-corrected chi connectivity index (χ3v) is 2.20. The van der Waals surface area contributed by atoms with E-state index in [1.165, 1.54) is 13.2 Å². The Morgan fingerprint density at radius 2 is 2.29 bits per heavy atom. The van der Waals surface area contributed by atoms with Gasteiger partial charge in [0.2, 0.25) is 5.69 Å². The second kappa shape index (κ2) is 4.20. The van der Waals surface area contributed by atoms with Gasteiger partial charge in [0.1, 0.15) is 5.82 Å². The van der Waals surface area contributed by atoms with Crippen LogP contribution in [0, 0.1) is 12.4 Å². The molecule has 0 radical (unpaired) electrons. The smallest absolute Gasteiger partial charge is 0.340 e. The third-order valence-electron chi connectivity index (χ3n) is 1.56. The number of benzene rings is 1. The van der Waals surface area contributed by atoms with Crippen LogP contribution >= 0.6 is 15.9 Å². The van der Waals surface area contributed by atoms with Gasteiger partial charge in [0.25, 0.3) is 0 Å². The fourth-order valence-corrected chi connectivity index (χ4v) is 1.32. The average Bonchev–Trinajstić information content (AvgIpc) is 2.19. The highest BCUT2D eigenvalue weighted by Gasteiger charge is 2.14. The Bertz CT molecular complexity index is 426. The lowest BCUT2D eigenvalue weighted by atomic mass is 10.2. The van der Waals surface area contributed by atoms with Crippen molar-refractivity contribution in [3.63, 3.8) is 0 Å². The van der Waals surface area contributed by atoms with Gasteiger partial charge in [0.15, 0.2) is 0 Å². The van der Waals surface area contributed by atoms with E-state index in [1.54, 1.807) is 0 Å². The molecule has 72 valence electrons. The molecule has 3 nitrogen and oxygen atoms in total. The summed E-state index contributed by atoms with van der Waals surface area (Å²) in [6, 6.07) is 2.22. The molecule has 5 heteroatoms. The van der Waals surface area contributed by atoms with E-state index < -0.39 is 11.8 Å². The fourth-order valence-electron chi connectivity index (χ4n) is 0.888. The van der Waals surface area contributed by atoms with E-state index in [9.17, 15) is 9.18 Å². The lowest BCUT2D eigenvalue weighted by molar-refractivity contribution is 0.0595. The van der Waals surface area contributed by atoms with Crippen LogP contribution < -0.4 is 0 Å². The summed E-state index contributed by atoms with van der Waals surface area (Å²) < 4.78 is 17.9. The largest absolute Gasteiger partial charge is 0.465 e. The molecule has 0 fully saturated rings. The van der Waals surface area contributed by atoms with E-state index in [-0.39, 0.29) is 11.3 Å². The summed E-state index contributed by atoms with van der Waals surface area (Å²) >= 11 is 3.05. The zero-order valence-electron chi connectivity index (χ0n) is 7.17. The van der Waals surface area contributed by atoms with Gasteiger partial charge < -0.3 is 4.74 Å². The van der Waals surface area contributed by atoms with Crippen molar-refractivity contribution in [3.8, 4) is 0 Å². The maximum atomic E-state index is 13.2. The van der Waals surface area contributed by atoms with E-state index in [0.29, 0.717) is 4.47 Å². The Labute approximate surface area is 88.4 Å². The molecule has 0 saturated carbocycles. The van der Waals surface area contributed by atoms with Crippen LogP contribution in [0.1, 0.15) is 10.4 Å². The molecule has 14 heavy (non-hydrogen) atoms. The molecular formula is C9H5BrFNO2. The topological polar surface area (TPSA) is 30.7 Å². The first-order chi connectivity index (χ1) is 6.60. The Morgan fingerprint density at radius 3 is 2.79 bits per heavy atom. The van der Waals surface area contributed by atoms with E-state index in [4.69, 9.17) is 6.57 Å². The predicted octanol–water partition coefficient (Wildman–Crippen LogP) is 2.93. The van der Waals surface area contributed by atoms with Gasteiger partial charge in [-0.05, 0) is 12.1 Å². The van der Waals surface area contributed by atoms with E-state index >= 15 is 0 Å². The number of nitrogens with zero attached hydrogens (tertiary/aromatic N) is 1. The number of methoxy groups -OCH3 is 1. The number of halogens is 2. The molecule has 0 heterocycles. The van der Waals surface area contributed by atoms with Crippen molar-refractivity contribution < 1.29 is 13.9 Å². The van der Waals surface area contributed by atoms with Gasteiger partial charge in [0.05, 0.1) is 19.2 Å². The molecule has 1 rings (SSSR count). The average molecular weight is 258 g/mol. The molecule has 0 atom stereocenters. The molecule has 1 aromatic rings. The monoisotopic (exact) mass is 257 g/mol. The quantitative estimate of drug-likeness (QED) is 0.572. The highest BCUT2D eigenvalue weighted by Crippen LogP contribution is 2.28. The zero-order chi connectivity index (χ0) is 10.7. The lowest BCUT2D eigenvalue weighted by Gasteiger charge is -2.02. The van der Waals surface area contributed by atoms with E-state index in [1.807, 2.05) is 0 Å². The molecule has 0 unspecified atom stereocenters. The molecule has 0 N–H and O–H groups in total. The van der Waals surface area contributed by atoms with Crippen molar-refractivity contribution in [3.05, 3.63) is 39.4 Å². The number of rotatable bonds is 1. The minimum absolute atomic E-state index is 0.121. The Hall–Kier alpha value is -1.41. The molecule has 0 aliphatic rings. The minimum Gasteiger partial charge on any atom is -0.465 e. The van der Waals surface area contributed by atoms with Crippen LogP contribution in [0.2, 0.25) is 0 Å². The Balaban J connectivity index is 3.30. The SMILES string of the molecule is [C-]#[N+]c1cc(F)c(C(=O)OC)cc1Br. The van der Waals surface area contributed by atoms with Gasteiger partial charge in [-0.25, -0.2) is 14.0 Å². The number of carbonyl (C=O) groups excluding carboxylic acids is 1. The number of carbonyl (C=O) groups is 1. The molecule has 0 bridgehead atoms. The fraction of sp³-hybridized carbons (Fsp3) is 0.111. The standard InChI is InChI=1S/C9H5BrFNO2/c1-12-8-4-7(11)5(3-6(8)10)9(13)14-2/h3-4H,2H3. The Morgan fingerprint density at radius 1 is 1.64 bits per heavy atom. The first-order valence-corrected chi connectivity index (χ1v) is 4.34. The first kappa shape index (κ1) is 10.7. The van der Waals surface area contributed by atoms with Crippen LogP contribution in [-0.2, 0) is 4.74 Å². The van der Waals surface area contributed by atoms with Crippen LogP contribution in [0.3, 0.4) is 0 Å². The Kier molecular flexibility index (Phi) is 3.20. The summed E-state index contributed by atoms with van der Waals surface area (Å²) in [6.07, 6.45) is 0. The van der Waals surface area contributed by atoms with Crippen molar-refractivity contribution >= 4 is 27.6 Å². The summed E-state index contributed by atoms with van der Waals surface area (Å²) in [4.78, 5) is 14.1. The lowest BCUT2D eigenvalue weighted by Crippen LogP contribution is -2.04. The molecular weight excluding hydrogens is 253 g/mol. The van der Waals surface area contributed by atoms with Crippen LogP contribution in [-0.4, -0.2) is 13.1 Å². The zero-order valence-corrected chi connectivity index (χ0v) is 8.76. The summed E-state index contributed by atoms with van der Waals surface area (Å²) in [5.41, 5.74) is -0.0677. The maximum Gasteiger partial charge on any atom is 0.340 e. The normalized spacial score (nSPS) is 9.29. The van der Waals surface area contributed by atoms with Gasteiger partial charge in [-0.3, -0.25) is 0 Å². The maximum absolute atomic E-state index is 13.2. The van der Waals surface area contributed by atoms with Crippen molar-refractivity contribution in [1.82, 2.24) is 0 Å². The van der Waals surface area contributed by atoms with Gasteiger partial charge in [-0.1, -0.05) is 15.9 Å². The summed E-state index contributed by atoms with van der Waals surface area (Å²) in [5.74, 6) is -1.52. The number of hydrogen-bond acceptors (Lipinski definition) is 2. The predicted molar refractivity (Wildman–Crippen MR) is 51.7 cm³/mol. The number of hydrogen-bond donors (Lipinski definition) is 0.